The topological polar surface area (TPSA) is 3.24 Å². The van der Waals surface area contributed by atoms with Gasteiger partial charge in [0.2, 0.25) is 0 Å². The fourth-order valence-electron chi connectivity index (χ4n) is 5.53. The Bertz CT molecular complexity index is 1530. The predicted molar refractivity (Wildman–Crippen MR) is 150 cm³/mol. The summed E-state index contributed by atoms with van der Waals surface area (Å²) in [6.45, 7) is 9.08. The Morgan fingerprint density at radius 1 is 0.853 bits per heavy atom. The molecule has 1 aliphatic rings. The minimum absolute atomic E-state index is 1.02. The lowest BCUT2D eigenvalue weighted by atomic mass is 9.92. The molecule has 3 heteroatoms. The molecular weight excluding hydrogens is 450 g/mol. The Hall–Kier alpha value is -2.46. The van der Waals surface area contributed by atoms with Crippen LogP contribution in [0, 0.1) is 20.8 Å². The third-order valence-corrected chi connectivity index (χ3v) is 9.86. The monoisotopic (exact) mass is 481 g/mol. The summed E-state index contributed by atoms with van der Waals surface area (Å²) in [5.41, 5.74) is 10.3. The van der Waals surface area contributed by atoms with Gasteiger partial charge in [-0.15, -0.1) is 22.7 Å². The zero-order valence-corrected chi connectivity index (χ0v) is 22.1. The third-order valence-electron chi connectivity index (χ3n) is 7.49. The van der Waals surface area contributed by atoms with E-state index in [1.54, 1.807) is 11.1 Å². The summed E-state index contributed by atoms with van der Waals surface area (Å²) in [4.78, 5) is 5.36. The fraction of sp³-hybridized carbons (Fsp3) is 0.290. The number of rotatable bonds is 4. The highest BCUT2D eigenvalue weighted by molar-refractivity contribution is 7.19. The van der Waals surface area contributed by atoms with Gasteiger partial charge < -0.3 is 4.90 Å². The van der Waals surface area contributed by atoms with E-state index >= 15 is 0 Å². The molecule has 1 aliphatic heterocycles. The van der Waals surface area contributed by atoms with Crippen LogP contribution in [0.2, 0.25) is 0 Å². The maximum Gasteiger partial charge on any atom is 0.0377 e. The zero-order chi connectivity index (χ0) is 23.4. The van der Waals surface area contributed by atoms with Crippen LogP contribution in [0.15, 0.2) is 54.6 Å². The fourth-order valence-corrected chi connectivity index (χ4v) is 7.91. The van der Waals surface area contributed by atoms with Gasteiger partial charge in [0.05, 0.1) is 0 Å². The van der Waals surface area contributed by atoms with Gasteiger partial charge in [-0.25, -0.2) is 0 Å². The quantitative estimate of drug-likeness (QED) is 0.250. The minimum atomic E-state index is 1.02. The lowest BCUT2D eigenvalue weighted by molar-refractivity contribution is 0.312. The molecule has 0 radical (unpaired) electrons. The van der Waals surface area contributed by atoms with Crippen molar-refractivity contribution in [3.63, 3.8) is 0 Å². The van der Waals surface area contributed by atoms with Crippen molar-refractivity contribution >= 4 is 42.8 Å². The maximum atomic E-state index is 2.47. The van der Waals surface area contributed by atoms with E-state index < -0.39 is 0 Å². The minimum Gasteiger partial charge on any atom is -0.302 e. The molecule has 5 aromatic rings. The lowest BCUT2D eigenvalue weighted by Gasteiger charge is -2.27. The number of benzene rings is 3. The van der Waals surface area contributed by atoms with Gasteiger partial charge in [-0.3, -0.25) is 0 Å². The van der Waals surface area contributed by atoms with E-state index in [1.807, 2.05) is 22.7 Å². The molecule has 0 amide bonds. The highest BCUT2D eigenvalue weighted by Gasteiger charge is 2.17. The summed E-state index contributed by atoms with van der Waals surface area (Å²) >= 11 is 3.93. The first-order valence-electron chi connectivity index (χ1n) is 12.2. The molecule has 0 bridgehead atoms. The molecule has 34 heavy (non-hydrogen) atoms. The molecule has 0 N–H and O–H groups in total. The Balaban J connectivity index is 1.29. The molecule has 0 fully saturated rings. The van der Waals surface area contributed by atoms with E-state index in [4.69, 9.17) is 0 Å². The Labute approximate surface area is 210 Å². The highest BCUT2D eigenvalue weighted by Crippen LogP contribution is 2.35. The Morgan fingerprint density at radius 2 is 1.71 bits per heavy atom. The zero-order valence-electron chi connectivity index (χ0n) is 20.5. The standard InChI is InChI=1S/C31H31NS2/c1-19-6-5-7-30-28(19)17-27(33-30)15-23-8-9-25-16-26(34-31(25)21(23)3)14-22-12-20(2)29-18-32(4)11-10-24(29)13-22/h5-9,12-13,16-17H,10-11,14-15,18H2,1-4H3. The smallest absolute Gasteiger partial charge is 0.0377 e. The van der Waals surface area contributed by atoms with E-state index in [0.717, 1.165) is 19.4 Å². The summed E-state index contributed by atoms with van der Waals surface area (Å²) in [5, 5.41) is 2.80. The molecule has 1 nitrogen and oxygen atoms in total. The number of aryl methyl sites for hydroxylation is 3. The van der Waals surface area contributed by atoms with Crippen molar-refractivity contribution in [2.75, 3.05) is 13.6 Å². The average Bonchev–Trinajstić information content (AvgIpc) is 3.41. The van der Waals surface area contributed by atoms with Crippen molar-refractivity contribution in [3.8, 4) is 0 Å². The van der Waals surface area contributed by atoms with Crippen molar-refractivity contribution in [2.45, 2.75) is 46.6 Å². The van der Waals surface area contributed by atoms with Crippen molar-refractivity contribution in [3.05, 3.63) is 103 Å². The van der Waals surface area contributed by atoms with Crippen molar-refractivity contribution in [2.24, 2.45) is 0 Å². The number of fused-ring (bicyclic) bond motifs is 3. The first-order chi connectivity index (χ1) is 16.4. The molecule has 3 heterocycles. The van der Waals surface area contributed by atoms with Crippen LogP contribution >= 0.6 is 22.7 Å². The van der Waals surface area contributed by atoms with Crippen molar-refractivity contribution in [1.29, 1.82) is 0 Å². The summed E-state index contributed by atoms with van der Waals surface area (Å²) in [5.74, 6) is 0. The predicted octanol–water partition coefficient (Wildman–Crippen LogP) is 8.21. The first kappa shape index (κ1) is 22.0. The molecule has 6 rings (SSSR count). The molecule has 3 aromatic carbocycles. The largest absolute Gasteiger partial charge is 0.302 e. The van der Waals surface area contributed by atoms with Gasteiger partial charge in [0, 0.05) is 45.1 Å². The van der Waals surface area contributed by atoms with E-state index in [9.17, 15) is 0 Å². The second-order valence-corrected chi connectivity index (χ2v) is 12.4. The number of nitrogens with zero attached hydrogens (tertiary/aromatic N) is 1. The maximum absolute atomic E-state index is 2.47. The van der Waals surface area contributed by atoms with Crippen LogP contribution in [0.3, 0.4) is 0 Å². The molecule has 0 atom stereocenters. The first-order valence-corrected chi connectivity index (χ1v) is 13.9. The van der Waals surface area contributed by atoms with Crippen molar-refractivity contribution < 1.29 is 0 Å². The second kappa shape index (κ2) is 8.64. The van der Waals surface area contributed by atoms with Gasteiger partial charge in [0.25, 0.3) is 0 Å². The summed E-state index contributed by atoms with van der Waals surface area (Å²) < 4.78 is 2.86. The SMILES string of the molecule is Cc1cc(Cc2cc3ccc(Cc4cc5c(C)cccc5s4)c(C)c3s2)cc2c1CN(C)CC2. The summed E-state index contributed by atoms with van der Waals surface area (Å²) in [7, 11) is 2.23. The Morgan fingerprint density at radius 3 is 2.56 bits per heavy atom. The van der Waals surface area contributed by atoms with Crippen LogP contribution in [0.4, 0.5) is 0 Å². The molecule has 0 spiro atoms. The summed E-state index contributed by atoms with van der Waals surface area (Å²) in [6, 6.07) is 21.0. The highest BCUT2D eigenvalue weighted by atomic mass is 32.1. The van der Waals surface area contributed by atoms with Crippen LogP contribution in [-0.4, -0.2) is 18.5 Å². The van der Waals surface area contributed by atoms with Crippen LogP contribution in [0.25, 0.3) is 20.2 Å². The van der Waals surface area contributed by atoms with Gasteiger partial charge in [0.15, 0.2) is 0 Å². The average molecular weight is 482 g/mol. The van der Waals surface area contributed by atoms with E-state index in [0.29, 0.717) is 0 Å². The number of hydrogen-bond donors (Lipinski definition) is 0. The van der Waals surface area contributed by atoms with Gasteiger partial charge in [0.1, 0.15) is 0 Å². The molecule has 0 aliphatic carbocycles. The number of likely N-dealkylation sites (N-methyl/N-ethyl adjacent to an activating group) is 1. The van der Waals surface area contributed by atoms with Crippen molar-refractivity contribution in [1.82, 2.24) is 4.90 Å². The number of thiophene rings is 2. The summed E-state index contributed by atoms with van der Waals surface area (Å²) in [6.07, 6.45) is 3.23. The normalized spacial score (nSPS) is 14.2. The third kappa shape index (κ3) is 4.00. The van der Waals surface area contributed by atoms with Gasteiger partial charge in [-0.1, -0.05) is 36.4 Å². The van der Waals surface area contributed by atoms with Gasteiger partial charge in [-0.05, 0) is 102 Å². The Kier molecular flexibility index (Phi) is 5.60. The lowest BCUT2D eigenvalue weighted by Crippen LogP contribution is -2.27. The van der Waals surface area contributed by atoms with Crippen LogP contribution < -0.4 is 0 Å². The molecule has 0 saturated carbocycles. The van der Waals surface area contributed by atoms with Gasteiger partial charge in [-0.2, -0.15) is 0 Å². The van der Waals surface area contributed by atoms with Crippen LogP contribution in [-0.2, 0) is 25.8 Å². The second-order valence-electron chi connectivity index (χ2n) is 10.1. The van der Waals surface area contributed by atoms with Crippen LogP contribution in [0.1, 0.15) is 48.7 Å². The van der Waals surface area contributed by atoms with E-state index in [2.05, 4.69) is 87.3 Å². The molecule has 0 unspecified atom stereocenters. The van der Waals surface area contributed by atoms with E-state index in [-0.39, 0.29) is 0 Å². The molecule has 2 aromatic heterocycles. The number of hydrogen-bond acceptors (Lipinski definition) is 3. The van der Waals surface area contributed by atoms with E-state index in [1.165, 1.54) is 70.7 Å². The molecule has 172 valence electrons. The molecule has 0 saturated heterocycles. The van der Waals surface area contributed by atoms with Gasteiger partial charge >= 0.3 is 0 Å². The van der Waals surface area contributed by atoms with Crippen LogP contribution in [0.5, 0.6) is 0 Å². The molecular formula is C31H31NS2.